The second kappa shape index (κ2) is 2.58. The maximum atomic E-state index is 8.27. The van der Waals surface area contributed by atoms with Gasteiger partial charge >= 0.3 is 42.1 Å². The Balaban J connectivity index is 3.15. The van der Waals surface area contributed by atoms with E-state index in [1.54, 1.807) is 6.92 Å². The van der Waals surface area contributed by atoms with Crippen molar-refractivity contribution in [2.24, 2.45) is 0 Å². The van der Waals surface area contributed by atoms with Crippen molar-refractivity contribution in [2.45, 2.75) is 13.3 Å². The molecule has 0 bridgehead atoms. The van der Waals surface area contributed by atoms with Gasteiger partial charge in [0.05, 0.1) is 0 Å². The molecule has 4 heteroatoms. The van der Waals surface area contributed by atoms with Gasteiger partial charge in [0.25, 0.3) is 0 Å². The van der Waals surface area contributed by atoms with Gasteiger partial charge in [-0.25, -0.2) is 0 Å². The van der Waals surface area contributed by atoms with Gasteiger partial charge in [0.1, 0.15) is 0 Å². The van der Waals surface area contributed by atoms with Gasteiger partial charge < -0.3 is 0 Å². The van der Waals surface area contributed by atoms with Crippen LogP contribution in [0.25, 0.3) is 0 Å². The van der Waals surface area contributed by atoms with Crippen LogP contribution < -0.4 is 0 Å². The quantitative estimate of drug-likeness (QED) is 0.451. The van der Waals surface area contributed by atoms with Crippen LogP contribution in [0, 0.1) is 0 Å². The molecule has 0 aliphatic heterocycles. The molecule has 0 heterocycles. The van der Waals surface area contributed by atoms with Crippen molar-refractivity contribution in [2.75, 3.05) is 6.16 Å². The zero-order chi connectivity index (χ0) is 5.91. The normalized spacial score (nSPS) is 14.3. The van der Waals surface area contributed by atoms with Crippen molar-refractivity contribution >= 4 is 7.94 Å². The van der Waals surface area contributed by atoms with E-state index in [0.717, 1.165) is 0 Å². The molecule has 7 heavy (non-hydrogen) atoms. The molecule has 3 nitrogen and oxygen atoms in total. The number of rotatable bonds is 2. The molecule has 0 fully saturated rings. The monoisotopic (exact) mass is 126 g/mol. The van der Waals surface area contributed by atoms with Crippen LogP contribution >= 0.6 is 7.94 Å². The third-order valence-electron chi connectivity index (χ3n) is 0.585. The molecule has 0 unspecified atom stereocenters. The van der Waals surface area contributed by atoms with Crippen LogP contribution in [-0.4, -0.2) is 20.8 Å². The summed E-state index contributed by atoms with van der Waals surface area (Å²) in [6, 6.07) is 0. The first kappa shape index (κ1) is 7.31. The summed E-state index contributed by atoms with van der Waals surface area (Å²) in [5.41, 5.74) is 0. The fourth-order valence-corrected chi connectivity index (χ4v) is 1.01. The Morgan fingerprint density at radius 1 is 1.29 bits per heavy atom. The molecule has 0 saturated heterocycles. The number of hydrogen-bond donors (Lipinski definition) is 3. The van der Waals surface area contributed by atoms with E-state index in [1.165, 1.54) is 0 Å². The van der Waals surface area contributed by atoms with Crippen molar-refractivity contribution < 1.29 is 14.7 Å². The van der Waals surface area contributed by atoms with Gasteiger partial charge in [0, 0.05) is 0 Å². The van der Waals surface area contributed by atoms with Gasteiger partial charge in [0.15, 0.2) is 0 Å². The Morgan fingerprint density at radius 2 is 1.71 bits per heavy atom. The molecular formula is C3H11O3P. The molecule has 0 aliphatic rings. The summed E-state index contributed by atoms with van der Waals surface area (Å²) >= 11 is 0. The fraction of sp³-hybridized carbons (Fsp3) is 1.00. The van der Waals surface area contributed by atoms with E-state index in [2.05, 4.69) is 0 Å². The van der Waals surface area contributed by atoms with Crippen LogP contribution in [0.1, 0.15) is 13.3 Å². The molecule has 0 radical (unpaired) electrons. The zero-order valence-electron chi connectivity index (χ0n) is 4.26. The summed E-state index contributed by atoms with van der Waals surface area (Å²) < 4.78 is 0. The summed E-state index contributed by atoms with van der Waals surface area (Å²) in [5, 5.41) is 0. The van der Waals surface area contributed by atoms with Gasteiger partial charge in [-0.05, 0) is 0 Å². The van der Waals surface area contributed by atoms with E-state index in [1.807, 2.05) is 0 Å². The topological polar surface area (TPSA) is 60.7 Å². The van der Waals surface area contributed by atoms with Crippen LogP contribution in [0.15, 0.2) is 0 Å². The predicted octanol–water partition coefficient (Wildman–Crippen LogP) is -0.132. The van der Waals surface area contributed by atoms with Crippen molar-refractivity contribution in [3.63, 3.8) is 0 Å². The Hall–Kier alpha value is 0.310. The Morgan fingerprint density at radius 3 is 1.71 bits per heavy atom. The van der Waals surface area contributed by atoms with E-state index in [9.17, 15) is 0 Å². The van der Waals surface area contributed by atoms with E-state index in [0.29, 0.717) is 6.42 Å². The Labute approximate surface area is 43.2 Å². The molecule has 0 rings (SSSR count). The minimum absolute atomic E-state index is 0.146. The standard InChI is InChI=1S/C3H11O3P/c1-2-3-7(4,5)6/h4-7H,2-3H2,1H3. The molecule has 0 saturated carbocycles. The average Bonchev–Trinajstić information content (AvgIpc) is 1.30. The van der Waals surface area contributed by atoms with Crippen LogP contribution in [0.5, 0.6) is 0 Å². The molecule has 0 atom stereocenters. The maximum absolute atomic E-state index is 8.27. The van der Waals surface area contributed by atoms with Crippen molar-refractivity contribution in [1.29, 1.82) is 0 Å². The minimum atomic E-state index is -3.66. The molecule has 46 valence electrons. The van der Waals surface area contributed by atoms with Gasteiger partial charge in [-0.15, -0.1) is 0 Å². The second-order valence-corrected chi connectivity index (χ2v) is 3.57. The summed E-state index contributed by atoms with van der Waals surface area (Å²) in [5.74, 6) is 0. The van der Waals surface area contributed by atoms with Crippen molar-refractivity contribution in [1.82, 2.24) is 0 Å². The van der Waals surface area contributed by atoms with Crippen LogP contribution in [0.2, 0.25) is 0 Å². The third kappa shape index (κ3) is 6.31. The SMILES string of the molecule is CCC[PH](O)(O)O. The van der Waals surface area contributed by atoms with Gasteiger partial charge in [-0.2, -0.15) is 0 Å². The molecule has 0 aliphatic carbocycles. The Kier molecular flexibility index (Phi) is 2.69. The van der Waals surface area contributed by atoms with E-state index in [4.69, 9.17) is 14.7 Å². The van der Waals surface area contributed by atoms with Crippen molar-refractivity contribution in [3.8, 4) is 0 Å². The first-order valence-electron chi connectivity index (χ1n) is 2.23. The first-order valence-corrected chi connectivity index (χ1v) is 4.28. The van der Waals surface area contributed by atoms with Gasteiger partial charge in [0.2, 0.25) is 0 Å². The average molecular weight is 126 g/mol. The molecule has 0 aromatic heterocycles. The number of hydrogen-bond acceptors (Lipinski definition) is 3. The second-order valence-electron chi connectivity index (χ2n) is 1.52. The third-order valence-corrected chi connectivity index (χ3v) is 1.76. The Bertz CT molecular complexity index is 48.6. The van der Waals surface area contributed by atoms with E-state index in [-0.39, 0.29) is 6.16 Å². The predicted molar refractivity (Wildman–Crippen MR) is 30.1 cm³/mol. The van der Waals surface area contributed by atoms with Crippen LogP contribution in [0.3, 0.4) is 0 Å². The van der Waals surface area contributed by atoms with E-state index < -0.39 is 7.94 Å². The summed E-state index contributed by atoms with van der Waals surface area (Å²) in [6.45, 7) is 1.78. The summed E-state index contributed by atoms with van der Waals surface area (Å²) in [4.78, 5) is 24.8. The molecule has 0 aromatic rings. The first-order chi connectivity index (χ1) is 3.06. The molecule has 3 N–H and O–H groups in total. The summed E-state index contributed by atoms with van der Waals surface area (Å²) in [7, 11) is -3.66. The van der Waals surface area contributed by atoms with E-state index >= 15 is 0 Å². The summed E-state index contributed by atoms with van der Waals surface area (Å²) in [6.07, 6.45) is 0.767. The van der Waals surface area contributed by atoms with Crippen molar-refractivity contribution in [3.05, 3.63) is 0 Å². The van der Waals surface area contributed by atoms with Gasteiger partial charge in [-0.1, -0.05) is 0 Å². The molecule has 0 spiro atoms. The van der Waals surface area contributed by atoms with Crippen LogP contribution in [0.4, 0.5) is 0 Å². The fourth-order valence-electron chi connectivity index (χ4n) is 0.335. The molecule has 0 amide bonds. The molecular weight excluding hydrogens is 115 g/mol. The molecule has 0 aromatic carbocycles. The van der Waals surface area contributed by atoms with Crippen LogP contribution in [-0.2, 0) is 0 Å². The van der Waals surface area contributed by atoms with Gasteiger partial charge in [-0.3, -0.25) is 0 Å². The zero-order valence-corrected chi connectivity index (χ0v) is 5.26.